The van der Waals surface area contributed by atoms with Gasteiger partial charge in [0.1, 0.15) is 11.5 Å². The number of benzene rings is 2. The molecular weight excluding hydrogens is 359 g/mol. The van der Waals surface area contributed by atoms with Crippen LogP contribution in [0.3, 0.4) is 0 Å². The zero-order valence-electron chi connectivity index (χ0n) is 14.6. The van der Waals surface area contributed by atoms with Crippen LogP contribution in [0.1, 0.15) is 39.2 Å². The van der Waals surface area contributed by atoms with Crippen LogP contribution < -0.4 is 9.47 Å². The molecule has 0 unspecified atom stereocenters. The summed E-state index contributed by atoms with van der Waals surface area (Å²) in [5.41, 5.74) is 1.27. The van der Waals surface area contributed by atoms with Crippen molar-refractivity contribution in [1.29, 1.82) is 0 Å². The van der Waals surface area contributed by atoms with Crippen molar-refractivity contribution in [2.75, 3.05) is 6.61 Å². The van der Waals surface area contributed by atoms with E-state index >= 15 is 0 Å². The van der Waals surface area contributed by atoms with Gasteiger partial charge in [-0.15, -0.1) is 0 Å². The van der Waals surface area contributed by atoms with E-state index in [4.69, 9.17) is 32.7 Å². The standard InChI is InChI=1S/C20H22Cl2O3/c1-20(2,3)14-6-9-16(10-7-14)25-19(23)5-4-12-24-18-11-8-15(21)13-17(18)22/h6-11,13H,4-5,12H2,1-3H3. The summed E-state index contributed by atoms with van der Waals surface area (Å²) >= 11 is 11.9. The smallest absolute Gasteiger partial charge is 0.311 e. The summed E-state index contributed by atoms with van der Waals surface area (Å²) in [4.78, 5) is 11.9. The third-order valence-electron chi connectivity index (χ3n) is 3.63. The molecule has 2 aromatic carbocycles. The van der Waals surface area contributed by atoms with E-state index < -0.39 is 0 Å². The van der Waals surface area contributed by atoms with Crippen molar-refractivity contribution < 1.29 is 14.3 Å². The van der Waals surface area contributed by atoms with Crippen LogP contribution in [0.2, 0.25) is 10.0 Å². The highest BCUT2D eigenvalue weighted by Crippen LogP contribution is 2.27. The van der Waals surface area contributed by atoms with Crippen LogP contribution in [0, 0.1) is 0 Å². The fourth-order valence-corrected chi connectivity index (χ4v) is 2.66. The van der Waals surface area contributed by atoms with Gasteiger partial charge < -0.3 is 9.47 Å². The lowest BCUT2D eigenvalue weighted by Crippen LogP contribution is -2.12. The van der Waals surface area contributed by atoms with Crippen LogP contribution in [0.4, 0.5) is 0 Å². The van der Waals surface area contributed by atoms with E-state index in [9.17, 15) is 4.79 Å². The van der Waals surface area contributed by atoms with Crippen LogP contribution >= 0.6 is 23.2 Å². The molecule has 0 fully saturated rings. The van der Waals surface area contributed by atoms with E-state index in [1.54, 1.807) is 18.2 Å². The Kier molecular flexibility index (Phi) is 6.74. The van der Waals surface area contributed by atoms with Gasteiger partial charge >= 0.3 is 5.97 Å². The van der Waals surface area contributed by atoms with Crippen LogP contribution in [0.25, 0.3) is 0 Å². The fourth-order valence-electron chi connectivity index (χ4n) is 2.20. The molecule has 0 aromatic heterocycles. The number of carbonyl (C=O) groups excluding carboxylic acids is 1. The second-order valence-electron chi connectivity index (χ2n) is 6.78. The Labute approximate surface area is 158 Å². The van der Waals surface area contributed by atoms with Crippen LogP contribution in [-0.4, -0.2) is 12.6 Å². The number of ether oxygens (including phenoxy) is 2. The van der Waals surface area contributed by atoms with Gasteiger partial charge in [0, 0.05) is 11.4 Å². The molecule has 25 heavy (non-hydrogen) atoms. The molecule has 2 aromatic rings. The molecule has 0 atom stereocenters. The Balaban J connectivity index is 1.75. The first-order chi connectivity index (χ1) is 11.8. The van der Waals surface area contributed by atoms with Gasteiger partial charge in [-0.25, -0.2) is 0 Å². The summed E-state index contributed by atoms with van der Waals surface area (Å²) in [6.07, 6.45) is 0.810. The average Bonchev–Trinajstić information content (AvgIpc) is 2.53. The monoisotopic (exact) mass is 380 g/mol. The highest BCUT2D eigenvalue weighted by atomic mass is 35.5. The van der Waals surface area contributed by atoms with Gasteiger partial charge in [-0.2, -0.15) is 0 Å². The normalized spacial score (nSPS) is 11.2. The third-order valence-corrected chi connectivity index (χ3v) is 4.16. The van der Waals surface area contributed by atoms with E-state index in [0.29, 0.717) is 34.6 Å². The summed E-state index contributed by atoms with van der Waals surface area (Å²) in [6, 6.07) is 12.6. The lowest BCUT2D eigenvalue weighted by molar-refractivity contribution is -0.134. The minimum Gasteiger partial charge on any atom is -0.492 e. The largest absolute Gasteiger partial charge is 0.492 e. The van der Waals surface area contributed by atoms with Gasteiger partial charge in [0.2, 0.25) is 0 Å². The number of carbonyl (C=O) groups is 1. The van der Waals surface area contributed by atoms with Crippen LogP contribution in [0.15, 0.2) is 42.5 Å². The van der Waals surface area contributed by atoms with Crippen LogP contribution in [0.5, 0.6) is 11.5 Å². The number of hydrogen-bond acceptors (Lipinski definition) is 3. The summed E-state index contributed by atoms with van der Waals surface area (Å²) < 4.78 is 10.9. The molecule has 0 saturated heterocycles. The molecule has 0 spiro atoms. The van der Waals surface area contributed by atoms with Crippen molar-refractivity contribution in [3.8, 4) is 11.5 Å². The summed E-state index contributed by atoms with van der Waals surface area (Å²) in [5, 5.41) is 1.01. The van der Waals surface area contributed by atoms with Gasteiger partial charge in [-0.1, -0.05) is 56.1 Å². The summed E-state index contributed by atoms with van der Waals surface area (Å²) in [7, 11) is 0. The molecule has 0 aliphatic carbocycles. The minimum atomic E-state index is -0.283. The molecule has 134 valence electrons. The Morgan fingerprint density at radius 2 is 1.72 bits per heavy atom. The maximum Gasteiger partial charge on any atom is 0.311 e. The molecule has 3 nitrogen and oxygen atoms in total. The predicted octanol–water partition coefficient (Wildman–Crippen LogP) is 6.06. The molecule has 0 amide bonds. The quantitative estimate of drug-likeness (QED) is 0.347. The van der Waals surface area contributed by atoms with E-state index in [1.807, 2.05) is 24.3 Å². The lowest BCUT2D eigenvalue weighted by atomic mass is 9.87. The van der Waals surface area contributed by atoms with Gasteiger partial charge in [-0.05, 0) is 47.7 Å². The zero-order valence-corrected chi connectivity index (χ0v) is 16.2. The molecule has 0 aliphatic rings. The SMILES string of the molecule is CC(C)(C)c1ccc(OC(=O)CCCOc2ccc(Cl)cc2Cl)cc1. The van der Waals surface area contributed by atoms with Crippen LogP contribution in [-0.2, 0) is 10.2 Å². The first kappa shape index (κ1) is 19.6. The molecule has 0 N–H and O–H groups in total. The molecule has 0 aliphatic heterocycles. The van der Waals surface area contributed by atoms with Crippen molar-refractivity contribution in [1.82, 2.24) is 0 Å². The Bertz CT molecular complexity index is 719. The maximum absolute atomic E-state index is 11.9. The number of hydrogen-bond donors (Lipinski definition) is 0. The number of halogens is 2. The average molecular weight is 381 g/mol. The molecule has 0 heterocycles. The molecule has 0 saturated carbocycles. The molecular formula is C20H22Cl2O3. The Hall–Kier alpha value is -1.71. The van der Waals surface area contributed by atoms with Crippen molar-refractivity contribution in [2.45, 2.75) is 39.0 Å². The second kappa shape index (κ2) is 8.59. The topological polar surface area (TPSA) is 35.5 Å². The van der Waals surface area contributed by atoms with Gasteiger partial charge in [-0.3, -0.25) is 4.79 Å². The Morgan fingerprint density at radius 3 is 2.32 bits per heavy atom. The second-order valence-corrected chi connectivity index (χ2v) is 7.62. The Morgan fingerprint density at radius 1 is 1.04 bits per heavy atom. The van der Waals surface area contributed by atoms with Crippen molar-refractivity contribution in [2.24, 2.45) is 0 Å². The molecule has 0 radical (unpaired) electrons. The van der Waals surface area contributed by atoms with Gasteiger partial charge in [0.25, 0.3) is 0 Å². The minimum absolute atomic E-state index is 0.0722. The number of esters is 1. The van der Waals surface area contributed by atoms with Gasteiger partial charge in [0.15, 0.2) is 0 Å². The first-order valence-electron chi connectivity index (χ1n) is 8.15. The summed E-state index contributed by atoms with van der Waals surface area (Å²) in [6.45, 7) is 6.79. The van der Waals surface area contributed by atoms with Crippen molar-refractivity contribution in [3.63, 3.8) is 0 Å². The number of rotatable bonds is 6. The highest BCUT2D eigenvalue weighted by Gasteiger charge is 2.13. The predicted molar refractivity (Wildman–Crippen MR) is 102 cm³/mol. The van der Waals surface area contributed by atoms with E-state index in [0.717, 1.165) is 0 Å². The van der Waals surface area contributed by atoms with E-state index in [1.165, 1.54) is 5.56 Å². The fraction of sp³-hybridized carbons (Fsp3) is 0.350. The van der Waals surface area contributed by atoms with E-state index in [-0.39, 0.29) is 17.8 Å². The molecule has 5 heteroatoms. The third kappa shape index (κ3) is 6.26. The van der Waals surface area contributed by atoms with Crippen molar-refractivity contribution >= 4 is 29.2 Å². The van der Waals surface area contributed by atoms with Crippen molar-refractivity contribution in [3.05, 3.63) is 58.1 Å². The van der Waals surface area contributed by atoms with Gasteiger partial charge in [0.05, 0.1) is 11.6 Å². The molecule has 0 bridgehead atoms. The zero-order chi connectivity index (χ0) is 18.4. The lowest BCUT2D eigenvalue weighted by Gasteiger charge is -2.19. The maximum atomic E-state index is 11.9. The molecule has 2 rings (SSSR count). The van der Waals surface area contributed by atoms with E-state index in [2.05, 4.69) is 20.8 Å². The highest BCUT2D eigenvalue weighted by molar-refractivity contribution is 6.35. The first-order valence-corrected chi connectivity index (χ1v) is 8.90. The summed E-state index contributed by atoms with van der Waals surface area (Å²) in [5.74, 6) is 0.825.